The Morgan fingerprint density at radius 3 is 1.14 bits per heavy atom. The first-order valence-corrected chi connectivity index (χ1v) is 32.3. The Labute approximate surface area is 545 Å². The average molecular weight is 1340 g/mol. The Balaban J connectivity index is 7.06. The van der Waals surface area contributed by atoms with Crippen molar-refractivity contribution in [1.82, 2.24) is 53.2 Å². The molecule has 35 heteroatoms. The van der Waals surface area contributed by atoms with E-state index in [1.54, 1.807) is 61.6 Å². The van der Waals surface area contributed by atoms with Gasteiger partial charge in [0, 0.05) is 19.3 Å². The molecule has 0 aliphatic carbocycles. The zero-order chi connectivity index (χ0) is 71.4. The molecule has 0 spiro atoms. The fourth-order valence-corrected chi connectivity index (χ4v) is 9.59. The smallest absolute Gasteiger partial charge is 0.326 e. The number of hydrogen-bond donors (Lipinski definition) is 18. The van der Waals surface area contributed by atoms with Gasteiger partial charge in [-0.3, -0.25) is 71.9 Å². The first-order valence-electron chi connectivity index (χ1n) is 30.9. The van der Waals surface area contributed by atoms with Gasteiger partial charge in [-0.1, -0.05) is 61.8 Å². The molecular formula is C58H101N15O19S. The Hall–Kier alpha value is -8.21. The van der Waals surface area contributed by atoms with E-state index < -0.39 is 205 Å². The number of rotatable bonds is 49. The Kier molecular flexibility index (Phi) is 40.4. The van der Waals surface area contributed by atoms with E-state index in [1.807, 2.05) is 0 Å². The van der Waals surface area contributed by atoms with E-state index in [1.165, 1.54) is 11.8 Å². The minimum absolute atomic E-state index is 0.00897. The van der Waals surface area contributed by atoms with E-state index in [0.717, 1.165) is 0 Å². The normalized spacial score (nSPS) is 15.1. The lowest BCUT2D eigenvalue weighted by Crippen LogP contribution is -2.61. The molecule has 0 bridgehead atoms. The van der Waals surface area contributed by atoms with E-state index >= 15 is 0 Å². The number of carboxylic acid groups (broad SMARTS) is 3. The summed E-state index contributed by atoms with van der Waals surface area (Å²) in [5.41, 5.74) is 27.7. The maximum atomic E-state index is 14.3. The largest absolute Gasteiger partial charge is 0.481 e. The standard InChI is InChI=1S/C58H101N15O19S/c1-10-31(8)47(57(90)67-36(20-22-93-9)52(85)69-39(25-30(6)7)54(87)68-37(58(91)92)15-18-43(62)75)73-56(89)41(27-46(79)80)72-49(82)33(13-11-12-21-59)65-53(86)38(24-29(4)5)70-55(88)40(26-44(63)76)71-51(84)35(16-19-45(77)78)66-50(83)34(14-17-42(61)74)64-48(81)32(60)23-28(2)3/h28-41,47H,10-27,59-60H2,1-9H3,(H2,61,74)(H2,62,75)(H2,63,76)(H,64,81)(H,65,86)(H,66,83)(H,67,90)(H,68,87)(H,69,85)(H,70,88)(H,71,84)(H,72,82)(H,73,89)(H,77,78)(H,79,80)(H,91,92)/t31-,32-,33-,34-,35-,36-,37-,38-,39-,40-,41-,47-/m0/s1. The molecule has 0 aliphatic heterocycles. The number of carboxylic acids is 3. The molecule has 0 aromatic carbocycles. The highest BCUT2D eigenvalue weighted by atomic mass is 32.2. The quantitative estimate of drug-likeness (QED) is 0.0259. The van der Waals surface area contributed by atoms with Crippen molar-refractivity contribution >= 4 is 106 Å². The maximum absolute atomic E-state index is 14.3. The third-order valence-electron chi connectivity index (χ3n) is 14.3. The van der Waals surface area contributed by atoms with Crippen molar-refractivity contribution in [2.45, 2.75) is 225 Å². The van der Waals surface area contributed by atoms with Crippen molar-refractivity contribution < 1.29 is 92.0 Å². The second kappa shape index (κ2) is 44.4. The summed E-state index contributed by atoms with van der Waals surface area (Å²) < 4.78 is 0. The molecule has 0 aromatic heterocycles. The van der Waals surface area contributed by atoms with Crippen molar-refractivity contribution in [3.63, 3.8) is 0 Å². The van der Waals surface area contributed by atoms with Crippen LogP contribution < -0.4 is 81.8 Å². The molecule has 0 saturated carbocycles. The molecule has 0 heterocycles. The highest BCUT2D eigenvalue weighted by Gasteiger charge is 2.38. The lowest BCUT2D eigenvalue weighted by Gasteiger charge is -2.30. The van der Waals surface area contributed by atoms with E-state index in [0.29, 0.717) is 6.42 Å². The van der Waals surface area contributed by atoms with Gasteiger partial charge in [-0.05, 0) is 106 Å². The van der Waals surface area contributed by atoms with E-state index in [4.69, 9.17) is 28.7 Å². The van der Waals surface area contributed by atoms with Gasteiger partial charge in [0.05, 0.1) is 18.9 Å². The molecule has 0 fully saturated rings. The van der Waals surface area contributed by atoms with Crippen LogP contribution in [0.1, 0.15) is 158 Å². The van der Waals surface area contributed by atoms with Crippen molar-refractivity contribution in [2.24, 2.45) is 52.3 Å². The van der Waals surface area contributed by atoms with Crippen LogP contribution in [0.25, 0.3) is 0 Å². The van der Waals surface area contributed by atoms with Crippen LogP contribution in [0.5, 0.6) is 0 Å². The topological polar surface area (TPSA) is 584 Å². The molecule has 0 unspecified atom stereocenters. The SMILES string of the molecule is CC[C@H](C)[C@H](NC(=O)[C@H](CC(=O)O)NC(=O)[C@H](CCCCN)NC(=O)[C@H](CC(C)C)NC(=O)[C@H](CC(N)=O)NC(=O)[C@H](CCC(=O)O)NC(=O)[C@H](CCC(N)=O)NC(=O)[C@@H](N)CC(C)C)C(=O)N[C@@H](CCSC)C(=O)N[C@@H](CC(C)C)C(=O)N[C@@H](CCC(N)=O)C(=O)O. The van der Waals surface area contributed by atoms with E-state index in [9.17, 15) is 92.0 Å². The highest BCUT2D eigenvalue weighted by Crippen LogP contribution is 2.15. The van der Waals surface area contributed by atoms with Crippen LogP contribution in [-0.2, 0) is 76.7 Å². The number of primary amides is 3. The summed E-state index contributed by atoms with van der Waals surface area (Å²) in [6, 6.07) is -17.2. The zero-order valence-corrected chi connectivity index (χ0v) is 55.4. The van der Waals surface area contributed by atoms with Gasteiger partial charge in [-0.15, -0.1) is 0 Å². The second-order valence-corrected chi connectivity index (χ2v) is 25.0. The molecule has 12 atom stereocenters. The van der Waals surface area contributed by atoms with Gasteiger partial charge in [-0.25, -0.2) is 4.79 Å². The molecular weight excluding hydrogens is 1240 g/mol. The lowest BCUT2D eigenvalue weighted by molar-refractivity contribution is -0.143. The fourth-order valence-electron chi connectivity index (χ4n) is 9.12. The van der Waals surface area contributed by atoms with Crippen LogP contribution in [0.3, 0.4) is 0 Å². The zero-order valence-electron chi connectivity index (χ0n) is 54.6. The summed E-state index contributed by atoms with van der Waals surface area (Å²) in [6.45, 7) is 13.7. The van der Waals surface area contributed by atoms with Crippen LogP contribution in [0.4, 0.5) is 0 Å². The van der Waals surface area contributed by atoms with Gasteiger partial charge in [0.25, 0.3) is 0 Å². The summed E-state index contributed by atoms with van der Waals surface area (Å²) in [6.07, 6.45) is -2.66. The number of thioether (sulfide) groups is 1. The number of amides is 13. The molecule has 0 aromatic rings. The van der Waals surface area contributed by atoms with Gasteiger partial charge < -0.3 is 97.2 Å². The van der Waals surface area contributed by atoms with Crippen LogP contribution in [0.2, 0.25) is 0 Å². The molecule has 23 N–H and O–H groups in total. The second-order valence-electron chi connectivity index (χ2n) is 24.0. The minimum atomic E-state index is -1.94. The first kappa shape index (κ1) is 84.8. The monoisotopic (exact) mass is 1340 g/mol. The van der Waals surface area contributed by atoms with Crippen molar-refractivity contribution in [2.75, 3.05) is 18.6 Å². The molecule has 0 radical (unpaired) electrons. The molecule has 34 nitrogen and oxygen atoms in total. The Morgan fingerprint density at radius 2 is 0.742 bits per heavy atom. The van der Waals surface area contributed by atoms with Crippen molar-refractivity contribution in [3.05, 3.63) is 0 Å². The molecule has 528 valence electrons. The van der Waals surface area contributed by atoms with E-state index in [-0.39, 0.29) is 88.3 Å². The van der Waals surface area contributed by atoms with Gasteiger partial charge in [0.1, 0.15) is 60.4 Å². The molecule has 13 amide bonds. The van der Waals surface area contributed by atoms with Gasteiger partial charge >= 0.3 is 17.9 Å². The molecule has 0 aliphatic rings. The summed E-state index contributed by atoms with van der Waals surface area (Å²) in [4.78, 5) is 211. The predicted octanol–water partition coefficient (Wildman–Crippen LogP) is -3.94. The third-order valence-corrected chi connectivity index (χ3v) is 14.9. The molecule has 0 rings (SSSR count). The van der Waals surface area contributed by atoms with Gasteiger partial charge in [0.2, 0.25) is 76.8 Å². The van der Waals surface area contributed by atoms with Crippen molar-refractivity contribution in [3.8, 4) is 0 Å². The van der Waals surface area contributed by atoms with Crippen LogP contribution in [0.15, 0.2) is 0 Å². The number of nitrogens with two attached hydrogens (primary N) is 5. The lowest BCUT2D eigenvalue weighted by atomic mass is 9.96. The number of carbonyl (C=O) groups is 16. The number of aliphatic carboxylic acids is 3. The number of unbranched alkanes of at least 4 members (excludes halogenated alkanes) is 1. The summed E-state index contributed by atoms with van der Waals surface area (Å²) in [5.74, 6) is -18.8. The van der Waals surface area contributed by atoms with E-state index in [2.05, 4.69) is 53.2 Å². The number of nitrogens with one attached hydrogen (secondary N) is 10. The Bertz CT molecular complexity index is 2580. The average Bonchev–Trinajstić information content (AvgIpc) is 1.13. The first-order chi connectivity index (χ1) is 43.4. The van der Waals surface area contributed by atoms with Gasteiger partial charge in [-0.2, -0.15) is 11.8 Å². The molecule has 93 heavy (non-hydrogen) atoms. The highest BCUT2D eigenvalue weighted by molar-refractivity contribution is 7.98. The maximum Gasteiger partial charge on any atom is 0.326 e. The molecule has 0 saturated heterocycles. The fraction of sp³-hybridized carbons (Fsp3) is 0.724. The summed E-state index contributed by atoms with van der Waals surface area (Å²) >= 11 is 1.30. The Morgan fingerprint density at radius 1 is 0.387 bits per heavy atom. The summed E-state index contributed by atoms with van der Waals surface area (Å²) in [7, 11) is 0. The van der Waals surface area contributed by atoms with Crippen LogP contribution >= 0.6 is 11.8 Å². The van der Waals surface area contributed by atoms with Crippen molar-refractivity contribution in [1.29, 1.82) is 0 Å². The predicted molar refractivity (Wildman–Crippen MR) is 338 cm³/mol. The van der Waals surface area contributed by atoms with Crippen LogP contribution in [0, 0.1) is 23.7 Å². The third kappa shape index (κ3) is 35.4. The minimum Gasteiger partial charge on any atom is -0.481 e. The van der Waals surface area contributed by atoms with Gasteiger partial charge in [0.15, 0.2) is 0 Å². The number of hydrogen-bond acceptors (Lipinski definition) is 19. The summed E-state index contributed by atoms with van der Waals surface area (Å²) in [5, 5.41) is 53.5. The number of carbonyl (C=O) groups excluding carboxylic acids is 13. The van der Waals surface area contributed by atoms with Crippen LogP contribution in [-0.4, -0.2) is 195 Å².